The number of para-hydroxylation sites is 1. The van der Waals surface area contributed by atoms with Gasteiger partial charge in [0.2, 0.25) is 0 Å². The Morgan fingerprint density at radius 1 is 1.42 bits per heavy atom. The van der Waals surface area contributed by atoms with E-state index in [2.05, 4.69) is 9.97 Å². The minimum atomic E-state index is -0.720. The lowest BCUT2D eigenvalue weighted by Crippen LogP contribution is -2.51. The maximum Gasteiger partial charge on any atom is 0.272 e. The standard InChI is InChI=1S/C17H21N3O4/c1-22-17(12-24-14-5-3-2-4-6-14)10-20(7-8-23-11-17)16(21)15-9-18-13-19-15/h2-6,9,13H,7-8,10-12H2,1H3,(H,18,19). The summed E-state index contributed by atoms with van der Waals surface area (Å²) in [5.41, 5.74) is -0.270. The molecule has 2 heterocycles. The molecule has 0 radical (unpaired) electrons. The van der Waals surface area contributed by atoms with Gasteiger partial charge in [-0.1, -0.05) is 18.2 Å². The molecule has 1 aromatic carbocycles. The summed E-state index contributed by atoms with van der Waals surface area (Å²) in [5.74, 6) is 0.628. The molecule has 24 heavy (non-hydrogen) atoms. The number of ether oxygens (including phenoxy) is 3. The lowest BCUT2D eigenvalue weighted by atomic mass is 10.1. The second-order valence-corrected chi connectivity index (χ2v) is 5.73. The molecule has 0 aliphatic carbocycles. The zero-order valence-corrected chi connectivity index (χ0v) is 13.6. The molecule has 1 fully saturated rings. The van der Waals surface area contributed by atoms with E-state index in [0.717, 1.165) is 5.75 Å². The largest absolute Gasteiger partial charge is 0.490 e. The first-order chi connectivity index (χ1) is 11.7. The Bertz CT molecular complexity index is 647. The monoisotopic (exact) mass is 331 g/mol. The maximum absolute atomic E-state index is 12.6. The van der Waals surface area contributed by atoms with Gasteiger partial charge in [0.25, 0.3) is 5.91 Å². The van der Waals surface area contributed by atoms with Crippen molar-refractivity contribution in [2.75, 3.05) is 40.0 Å². The molecule has 1 amide bonds. The van der Waals surface area contributed by atoms with Crippen LogP contribution < -0.4 is 4.74 Å². The molecule has 1 atom stereocenters. The summed E-state index contributed by atoms with van der Waals surface area (Å²) in [4.78, 5) is 21.0. The van der Waals surface area contributed by atoms with Crippen molar-refractivity contribution in [1.29, 1.82) is 0 Å². The number of carbonyl (C=O) groups is 1. The third-order valence-electron chi connectivity index (χ3n) is 4.04. The van der Waals surface area contributed by atoms with Crippen LogP contribution in [0.5, 0.6) is 5.75 Å². The lowest BCUT2D eigenvalue weighted by Gasteiger charge is -2.33. The number of aromatic nitrogens is 2. The van der Waals surface area contributed by atoms with E-state index in [9.17, 15) is 4.79 Å². The van der Waals surface area contributed by atoms with E-state index in [-0.39, 0.29) is 5.91 Å². The van der Waals surface area contributed by atoms with E-state index >= 15 is 0 Å². The lowest BCUT2D eigenvalue weighted by molar-refractivity contribution is -0.0898. The van der Waals surface area contributed by atoms with E-state index < -0.39 is 5.60 Å². The van der Waals surface area contributed by atoms with Gasteiger partial charge in [0.1, 0.15) is 23.7 Å². The van der Waals surface area contributed by atoms with Crippen molar-refractivity contribution in [2.24, 2.45) is 0 Å². The zero-order chi connectivity index (χ0) is 16.8. The number of aromatic amines is 1. The summed E-state index contributed by atoms with van der Waals surface area (Å²) in [6.45, 7) is 1.99. The highest BCUT2D eigenvalue weighted by atomic mass is 16.6. The summed E-state index contributed by atoms with van der Waals surface area (Å²) < 4.78 is 17.2. The predicted molar refractivity (Wildman–Crippen MR) is 87.0 cm³/mol. The van der Waals surface area contributed by atoms with Gasteiger partial charge in [-0.05, 0) is 12.1 Å². The van der Waals surface area contributed by atoms with Crippen molar-refractivity contribution in [3.8, 4) is 5.75 Å². The number of amides is 1. The van der Waals surface area contributed by atoms with E-state index in [4.69, 9.17) is 14.2 Å². The Morgan fingerprint density at radius 2 is 2.25 bits per heavy atom. The molecular weight excluding hydrogens is 310 g/mol. The molecule has 1 aromatic heterocycles. The molecule has 1 N–H and O–H groups in total. The third kappa shape index (κ3) is 3.74. The number of benzene rings is 1. The molecule has 7 heteroatoms. The highest BCUT2D eigenvalue weighted by molar-refractivity contribution is 5.92. The first kappa shape index (κ1) is 16.5. The van der Waals surface area contributed by atoms with Crippen LogP contribution in [-0.4, -0.2) is 66.4 Å². The Morgan fingerprint density at radius 3 is 2.96 bits per heavy atom. The van der Waals surface area contributed by atoms with Gasteiger partial charge in [0.15, 0.2) is 0 Å². The highest BCUT2D eigenvalue weighted by Crippen LogP contribution is 2.20. The minimum absolute atomic E-state index is 0.126. The number of hydrogen-bond acceptors (Lipinski definition) is 5. The summed E-state index contributed by atoms with van der Waals surface area (Å²) in [5, 5.41) is 0. The van der Waals surface area contributed by atoms with Crippen molar-refractivity contribution in [2.45, 2.75) is 5.60 Å². The van der Waals surface area contributed by atoms with Crippen LogP contribution in [0.1, 0.15) is 10.5 Å². The van der Waals surface area contributed by atoms with Crippen molar-refractivity contribution >= 4 is 5.91 Å². The van der Waals surface area contributed by atoms with Crippen LogP contribution in [0.25, 0.3) is 0 Å². The predicted octanol–water partition coefficient (Wildman–Crippen LogP) is 1.35. The normalized spacial score (nSPS) is 21.3. The number of methoxy groups -OCH3 is 1. The SMILES string of the molecule is COC1(COc2ccccc2)COCCN(C(=O)c2cnc[nH]2)C1. The fraction of sp³-hybridized carbons (Fsp3) is 0.412. The van der Waals surface area contributed by atoms with Crippen LogP contribution >= 0.6 is 0 Å². The number of carbonyl (C=O) groups excluding carboxylic acids is 1. The van der Waals surface area contributed by atoms with Crippen LogP contribution in [0.3, 0.4) is 0 Å². The van der Waals surface area contributed by atoms with Crippen LogP contribution in [0.4, 0.5) is 0 Å². The topological polar surface area (TPSA) is 76.7 Å². The van der Waals surface area contributed by atoms with Crippen LogP contribution in [0, 0.1) is 0 Å². The van der Waals surface area contributed by atoms with Gasteiger partial charge in [0, 0.05) is 13.7 Å². The van der Waals surface area contributed by atoms with E-state index in [1.165, 1.54) is 12.5 Å². The first-order valence-corrected chi connectivity index (χ1v) is 7.81. The highest BCUT2D eigenvalue weighted by Gasteiger charge is 2.38. The summed E-state index contributed by atoms with van der Waals surface area (Å²) in [6, 6.07) is 9.51. The number of nitrogens with zero attached hydrogens (tertiary/aromatic N) is 2. The van der Waals surface area contributed by atoms with Crippen LogP contribution in [-0.2, 0) is 9.47 Å². The average molecular weight is 331 g/mol. The van der Waals surface area contributed by atoms with Crippen molar-refractivity contribution in [3.63, 3.8) is 0 Å². The zero-order valence-electron chi connectivity index (χ0n) is 13.6. The second-order valence-electron chi connectivity index (χ2n) is 5.73. The molecule has 1 aliphatic rings. The van der Waals surface area contributed by atoms with Gasteiger partial charge < -0.3 is 24.1 Å². The fourth-order valence-electron chi connectivity index (χ4n) is 2.62. The number of nitrogens with one attached hydrogen (secondary N) is 1. The van der Waals surface area contributed by atoms with E-state index in [1.54, 1.807) is 12.0 Å². The molecule has 0 bridgehead atoms. The van der Waals surface area contributed by atoms with E-state index in [1.807, 2.05) is 30.3 Å². The first-order valence-electron chi connectivity index (χ1n) is 7.81. The van der Waals surface area contributed by atoms with Crippen molar-refractivity contribution in [3.05, 3.63) is 48.5 Å². The summed E-state index contributed by atoms with van der Waals surface area (Å²) in [7, 11) is 1.61. The fourth-order valence-corrected chi connectivity index (χ4v) is 2.62. The van der Waals surface area contributed by atoms with Crippen molar-refractivity contribution < 1.29 is 19.0 Å². The average Bonchev–Trinajstić information content (AvgIpc) is 3.08. The van der Waals surface area contributed by atoms with Gasteiger partial charge >= 0.3 is 0 Å². The molecule has 1 saturated heterocycles. The molecule has 1 aliphatic heterocycles. The van der Waals surface area contributed by atoms with Gasteiger partial charge in [-0.3, -0.25) is 4.79 Å². The minimum Gasteiger partial charge on any atom is -0.490 e. The molecule has 1 unspecified atom stereocenters. The van der Waals surface area contributed by atoms with Gasteiger partial charge in [-0.2, -0.15) is 0 Å². The van der Waals surface area contributed by atoms with Crippen LogP contribution in [0.2, 0.25) is 0 Å². The number of rotatable bonds is 5. The molecule has 7 nitrogen and oxygen atoms in total. The molecule has 3 rings (SSSR count). The summed E-state index contributed by atoms with van der Waals surface area (Å²) in [6.07, 6.45) is 3.01. The Hall–Kier alpha value is -2.38. The molecular formula is C17H21N3O4. The Labute approximate surface area is 140 Å². The Balaban J connectivity index is 1.72. The summed E-state index contributed by atoms with van der Waals surface area (Å²) >= 11 is 0. The number of hydrogen-bond donors (Lipinski definition) is 1. The van der Waals surface area contributed by atoms with Gasteiger partial charge in [-0.25, -0.2) is 4.98 Å². The maximum atomic E-state index is 12.6. The van der Waals surface area contributed by atoms with Crippen molar-refractivity contribution in [1.82, 2.24) is 14.9 Å². The molecule has 128 valence electrons. The third-order valence-corrected chi connectivity index (χ3v) is 4.04. The molecule has 0 saturated carbocycles. The van der Waals surface area contributed by atoms with Crippen LogP contribution in [0.15, 0.2) is 42.9 Å². The molecule has 0 spiro atoms. The quantitative estimate of drug-likeness (QED) is 0.895. The number of H-pyrrole nitrogens is 1. The van der Waals surface area contributed by atoms with Gasteiger partial charge in [-0.15, -0.1) is 0 Å². The second kappa shape index (κ2) is 7.46. The van der Waals surface area contributed by atoms with E-state index in [0.29, 0.717) is 38.6 Å². The Kier molecular flexibility index (Phi) is 5.12. The molecule has 2 aromatic rings. The van der Waals surface area contributed by atoms with Gasteiger partial charge in [0.05, 0.1) is 32.3 Å². The number of imidazole rings is 1. The smallest absolute Gasteiger partial charge is 0.272 e.